The van der Waals surface area contributed by atoms with Crippen LogP contribution < -0.4 is 10.2 Å². The van der Waals surface area contributed by atoms with Crippen LogP contribution >= 0.6 is 11.5 Å². The first-order valence-corrected chi connectivity index (χ1v) is 8.49. The predicted octanol–water partition coefficient (Wildman–Crippen LogP) is 2.87. The van der Waals surface area contributed by atoms with Gasteiger partial charge in [-0.2, -0.15) is 0 Å². The van der Waals surface area contributed by atoms with Crippen molar-refractivity contribution in [3.05, 3.63) is 34.8 Å². The summed E-state index contributed by atoms with van der Waals surface area (Å²) in [4.78, 5) is 26.7. The van der Waals surface area contributed by atoms with Crippen molar-refractivity contribution in [2.75, 3.05) is 16.8 Å². The second kappa shape index (κ2) is 6.87. The van der Waals surface area contributed by atoms with Crippen molar-refractivity contribution < 1.29 is 9.59 Å². The molecule has 2 aromatic rings. The van der Waals surface area contributed by atoms with Gasteiger partial charge in [0.15, 0.2) is 0 Å². The fourth-order valence-electron chi connectivity index (χ4n) is 2.63. The van der Waals surface area contributed by atoms with Crippen LogP contribution in [0.15, 0.2) is 24.3 Å². The quantitative estimate of drug-likeness (QED) is 0.935. The van der Waals surface area contributed by atoms with E-state index in [1.807, 2.05) is 31.2 Å². The minimum atomic E-state index is -0.209. The van der Waals surface area contributed by atoms with Gasteiger partial charge in [-0.05, 0) is 49.0 Å². The van der Waals surface area contributed by atoms with Crippen molar-refractivity contribution in [3.8, 4) is 0 Å². The highest BCUT2D eigenvalue weighted by Gasteiger charge is 2.20. The minimum absolute atomic E-state index is 0.139. The maximum atomic E-state index is 12.3. The monoisotopic (exact) mass is 330 g/mol. The number of amides is 2. The molecule has 0 bridgehead atoms. The lowest BCUT2D eigenvalue weighted by Crippen LogP contribution is -2.35. The van der Waals surface area contributed by atoms with E-state index >= 15 is 0 Å². The molecule has 6 nitrogen and oxygen atoms in total. The number of nitrogens with zero attached hydrogens (tertiary/aromatic N) is 3. The fraction of sp³-hybridized carbons (Fsp3) is 0.375. The summed E-state index contributed by atoms with van der Waals surface area (Å²) in [6.07, 6.45) is 3.21. The Bertz CT molecular complexity index is 728. The Balaban J connectivity index is 1.77. The van der Waals surface area contributed by atoms with Crippen LogP contribution in [0.4, 0.5) is 11.4 Å². The highest BCUT2D eigenvalue weighted by atomic mass is 32.1. The molecule has 0 spiro atoms. The molecule has 3 rings (SSSR count). The third-order valence-corrected chi connectivity index (χ3v) is 4.60. The van der Waals surface area contributed by atoms with E-state index in [0.29, 0.717) is 29.1 Å². The van der Waals surface area contributed by atoms with Crippen LogP contribution in [0.3, 0.4) is 0 Å². The van der Waals surface area contributed by atoms with Gasteiger partial charge < -0.3 is 10.2 Å². The summed E-state index contributed by atoms with van der Waals surface area (Å²) in [6.45, 7) is 2.67. The van der Waals surface area contributed by atoms with Gasteiger partial charge in [-0.3, -0.25) is 9.59 Å². The van der Waals surface area contributed by atoms with E-state index in [4.69, 9.17) is 0 Å². The lowest BCUT2D eigenvalue weighted by molar-refractivity contribution is -0.119. The van der Waals surface area contributed by atoms with E-state index in [2.05, 4.69) is 14.9 Å². The molecule has 1 aliphatic heterocycles. The SMILES string of the molecule is CCc1nnsc1C(=O)Nc1cccc(N2CCCCC2=O)c1. The molecule has 0 atom stereocenters. The summed E-state index contributed by atoms with van der Waals surface area (Å²) in [5, 5.41) is 6.82. The lowest BCUT2D eigenvalue weighted by atomic mass is 10.1. The molecule has 0 radical (unpaired) electrons. The number of hydrogen-bond acceptors (Lipinski definition) is 5. The molecule has 0 unspecified atom stereocenters. The maximum absolute atomic E-state index is 12.3. The molecule has 1 fully saturated rings. The number of benzene rings is 1. The number of piperidine rings is 1. The van der Waals surface area contributed by atoms with Gasteiger partial charge in [0, 0.05) is 24.3 Å². The van der Waals surface area contributed by atoms with E-state index in [1.165, 1.54) is 0 Å². The summed E-state index contributed by atoms with van der Waals surface area (Å²) < 4.78 is 3.83. The molecule has 2 amide bonds. The standard InChI is InChI=1S/C16H18N4O2S/c1-2-13-15(23-19-18-13)16(22)17-11-6-5-7-12(10-11)20-9-4-3-8-14(20)21/h5-7,10H,2-4,8-9H2,1H3,(H,17,22). The number of carbonyl (C=O) groups excluding carboxylic acids is 2. The first-order chi connectivity index (χ1) is 11.2. The first kappa shape index (κ1) is 15.6. The van der Waals surface area contributed by atoms with Crippen molar-refractivity contribution in [1.82, 2.24) is 9.59 Å². The smallest absolute Gasteiger partial charge is 0.269 e. The average molecular weight is 330 g/mol. The highest BCUT2D eigenvalue weighted by molar-refractivity contribution is 7.08. The van der Waals surface area contributed by atoms with Crippen molar-refractivity contribution in [3.63, 3.8) is 0 Å². The molecule has 2 heterocycles. The normalized spacial score (nSPS) is 14.8. The van der Waals surface area contributed by atoms with Crippen molar-refractivity contribution in [2.45, 2.75) is 32.6 Å². The molecular weight excluding hydrogens is 312 g/mol. The first-order valence-electron chi connectivity index (χ1n) is 7.72. The van der Waals surface area contributed by atoms with Crippen LogP contribution in [-0.2, 0) is 11.2 Å². The van der Waals surface area contributed by atoms with Crippen LogP contribution in [0, 0.1) is 0 Å². The molecule has 1 saturated heterocycles. The Morgan fingerprint density at radius 2 is 2.26 bits per heavy atom. The summed E-state index contributed by atoms with van der Waals surface area (Å²) in [5.41, 5.74) is 2.20. The Morgan fingerprint density at radius 1 is 1.39 bits per heavy atom. The van der Waals surface area contributed by atoms with Crippen molar-refractivity contribution >= 4 is 34.7 Å². The van der Waals surface area contributed by atoms with Crippen LogP contribution in [-0.4, -0.2) is 27.9 Å². The van der Waals surface area contributed by atoms with Crippen LogP contribution in [0.2, 0.25) is 0 Å². The van der Waals surface area contributed by atoms with Gasteiger partial charge >= 0.3 is 0 Å². The molecule has 1 aromatic heterocycles. The van der Waals surface area contributed by atoms with E-state index in [-0.39, 0.29) is 11.8 Å². The summed E-state index contributed by atoms with van der Waals surface area (Å²) in [6, 6.07) is 7.39. The van der Waals surface area contributed by atoms with Crippen LogP contribution in [0.1, 0.15) is 41.6 Å². The second-order valence-electron chi connectivity index (χ2n) is 5.41. The Morgan fingerprint density at radius 3 is 3.04 bits per heavy atom. The number of anilines is 2. The van der Waals surface area contributed by atoms with Gasteiger partial charge in [0.1, 0.15) is 4.88 Å². The topological polar surface area (TPSA) is 75.2 Å². The summed E-state index contributed by atoms with van der Waals surface area (Å²) >= 11 is 1.10. The fourth-order valence-corrected chi connectivity index (χ4v) is 3.28. The largest absolute Gasteiger partial charge is 0.321 e. The number of nitrogens with one attached hydrogen (secondary N) is 1. The number of hydrogen-bond donors (Lipinski definition) is 1. The zero-order chi connectivity index (χ0) is 16.2. The van der Waals surface area contributed by atoms with Crippen molar-refractivity contribution in [1.29, 1.82) is 0 Å². The molecule has 0 aliphatic carbocycles. The molecular formula is C16H18N4O2S. The van der Waals surface area contributed by atoms with Crippen LogP contribution in [0.25, 0.3) is 0 Å². The van der Waals surface area contributed by atoms with Gasteiger partial charge in [0.25, 0.3) is 5.91 Å². The molecule has 1 aliphatic rings. The second-order valence-corrected chi connectivity index (χ2v) is 6.16. The van der Waals surface area contributed by atoms with Gasteiger partial charge in [0.2, 0.25) is 5.91 Å². The average Bonchev–Trinajstić information content (AvgIpc) is 3.04. The molecule has 1 N–H and O–H groups in total. The van der Waals surface area contributed by atoms with Gasteiger partial charge in [-0.15, -0.1) is 5.10 Å². The highest BCUT2D eigenvalue weighted by Crippen LogP contribution is 2.24. The van der Waals surface area contributed by atoms with E-state index in [0.717, 1.165) is 36.6 Å². The van der Waals surface area contributed by atoms with Gasteiger partial charge in [-0.25, -0.2) is 0 Å². The zero-order valence-electron chi connectivity index (χ0n) is 12.9. The van der Waals surface area contributed by atoms with Crippen LogP contribution in [0.5, 0.6) is 0 Å². The number of aryl methyl sites for hydroxylation is 1. The number of aromatic nitrogens is 2. The van der Waals surface area contributed by atoms with E-state index in [1.54, 1.807) is 4.90 Å². The third kappa shape index (κ3) is 3.39. The Kier molecular flexibility index (Phi) is 4.66. The van der Waals surface area contributed by atoms with E-state index in [9.17, 15) is 9.59 Å². The summed E-state index contributed by atoms with van der Waals surface area (Å²) in [5.74, 6) is -0.0707. The van der Waals surface area contributed by atoms with Crippen molar-refractivity contribution in [2.24, 2.45) is 0 Å². The number of rotatable bonds is 4. The molecule has 120 valence electrons. The van der Waals surface area contributed by atoms with E-state index < -0.39 is 0 Å². The summed E-state index contributed by atoms with van der Waals surface area (Å²) in [7, 11) is 0. The molecule has 23 heavy (non-hydrogen) atoms. The molecule has 1 aromatic carbocycles. The zero-order valence-corrected chi connectivity index (χ0v) is 13.7. The molecule has 7 heteroatoms. The third-order valence-electron chi connectivity index (χ3n) is 3.84. The number of carbonyl (C=O) groups is 2. The molecule has 0 saturated carbocycles. The van der Waals surface area contributed by atoms with Gasteiger partial charge in [0.05, 0.1) is 5.69 Å². The minimum Gasteiger partial charge on any atom is -0.321 e. The maximum Gasteiger partial charge on any atom is 0.269 e. The van der Waals surface area contributed by atoms with Gasteiger partial charge in [-0.1, -0.05) is 17.5 Å². The predicted molar refractivity (Wildman–Crippen MR) is 89.9 cm³/mol. The lowest BCUT2D eigenvalue weighted by Gasteiger charge is -2.27. The Hall–Kier alpha value is -2.28. The Labute approximate surface area is 138 Å².